The van der Waals surface area contributed by atoms with E-state index in [1.807, 2.05) is 42.5 Å². The summed E-state index contributed by atoms with van der Waals surface area (Å²) in [5, 5.41) is 1.09. The van der Waals surface area contributed by atoms with Crippen LogP contribution in [0.1, 0.15) is 30.9 Å². The second-order valence-corrected chi connectivity index (χ2v) is 5.47. The third-order valence-electron chi connectivity index (χ3n) is 3.37. The zero-order valence-electron chi connectivity index (χ0n) is 10.9. The predicted octanol–water partition coefficient (Wildman–Crippen LogP) is 5.00. The highest BCUT2D eigenvalue weighted by molar-refractivity contribution is 6.42. The van der Waals surface area contributed by atoms with Gasteiger partial charge in [0, 0.05) is 0 Å². The summed E-state index contributed by atoms with van der Waals surface area (Å²) in [5.41, 5.74) is 8.02. The molecule has 0 bridgehead atoms. The van der Waals surface area contributed by atoms with Crippen LogP contribution in [0, 0.1) is 0 Å². The molecule has 0 aliphatic carbocycles. The van der Waals surface area contributed by atoms with Crippen molar-refractivity contribution in [2.75, 3.05) is 0 Å². The molecule has 3 heteroatoms. The minimum absolute atomic E-state index is 0.543. The third kappa shape index (κ3) is 2.79. The average Bonchev–Trinajstić information content (AvgIpc) is 2.43. The van der Waals surface area contributed by atoms with Gasteiger partial charge in [-0.25, -0.2) is 0 Å². The molecule has 0 saturated carbocycles. The zero-order chi connectivity index (χ0) is 13.9. The Bertz CT molecular complexity index is 554. The predicted molar refractivity (Wildman–Crippen MR) is 82.8 cm³/mol. The van der Waals surface area contributed by atoms with E-state index in [1.54, 1.807) is 6.07 Å². The van der Waals surface area contributed by atoms with Crippen LogP contribution in [-0.2, 0) is 5.54 Å². The molecule has 1 atom stereocenters. The normalized spacial score (nSPS) is 14.1. The topological polar surface area (TPSA) is 26.0 Å². The molecule has 2 aromatic rings. The fraction of sp³-hybridized carbons (Fsp3) is 0.250. The fourth-order valence-electron chi connectivity index (χ4n) is 2.41. The first kappa shape index (κ1) is 14.4. The van der Waals surface area contributed by atoms with E-state index < -0.39 is 5.54 Å². The van der Waals surface area contributed by atoms with Crippen LogP contribution in [0.25, 0.3) is 0 Å². The SMILES string of the molecule is CCCC(N)(c1ccccc1)c1cccc(Cl)c1Cl. The molecule has 0 aromatic heterocycles. The molecule has 0 spiro atoms. The largest absolute Gasteiger partial charge is 0.318 e. The van der Waals surface area contributed by atoms with E-state index in [1.165, 1.54) is 0 Å². The van der Waals surface area contributed by atoms with Gasteiger partial charge in [0.15, 0.2) is 0 Å². The maximum atomic E-state index is 6.68. The van der Waals surface area contributed by atoms with Crippen molar-refractivity contribution < 1.29 is 0 Å². The van der Waals surface area contributed by atoms with Crippen LogP contribution in [0.15, 0.2) is 48.5 Å². The maximum Gasteiger partial charge on any atom is 0.0680 e. The lowest BCUT2D eigenvalue weighted by Gasteiger charge is -2.31. The van der Waals surface area contributed by atoms with Crippen molar-refractivity contribution in [1.29, 1.82) is 0 Å². The molecule has 0 heterocycles. The number of hydrogen-bond acceptors (Lipinski definition) is 1. The van der Waals surface area contributed by atoms with E-state index in [9.17, 15) is 0 Å². The second kappa shape index (κ2) is 5.96. The van der Waals surface area contributed by atoms with E-state index in [0.29, 0.717) is 10.0 Å². The van der Waals surface area contributed by atoms with Gasteiger partial charge in [-0.1, -0.05) is 79.0 Å². The molecule has 0 aliphatic heterocycles. The smallest absolute Gasteiger partial charge is 0.0680 e. The molecule has 0 amide bonds. The van der Waals surface area contributed by atoms with Gasteiger partial charge in [0.2, 0.25) is 0 Å². The molecule has 2 aromatic carbocycles. The van der Waals surface area contributed by atoms with Crippen LogP contribution in [0.5, 0.6) is 0 Å². The standard InChI is InChI=1S/C16H17Cl2N/c1-2-11-16(19,12-7-4-3-5-8-12)13-9-6-10-14(17)15(13)18/h3-10H,2,11,19H2,1H3. The summed E-state index contributed by atoms with van der Waals surface area (Å²) in [6.45, 7) is 2.11. The molecule has 0 aliphatic rings. The Hall–Kier alpha value is -1.02. The highest BCUT2D eigenvalue weighted by atomic mass is 35.5. The summed E-state index contributed by atoms with van der Waals surface area (Å²) in [7, 11) is 0. The van der Waals surface area contributed by atoms with E-state index in [0.717, 1.165) is 24.0 Å². The van der Waals surface area contributed by atoms with Crippen LogP contribution >= 0.6 is 23.2 Å². The van der Waals surface area contributed by atoms with Crippen LogP contribution in [0.2, 0.25) is 10.0 Å². The van der Waals surface area contributed by atoms with Gasteiger partial charge < -0.3 is 5.73 Å². The summed E-state index contributed by atoms with van der Waals surface area (Å²) in [6, 6.07) is 15.7. The van der Waals surface area contributed by atoms with Crippen molar-refractivity contribution >= 4 is 23.2 Å². The lowest BCUT2D eigenvalue weighted by Crippen LogP contribution is -2.38. The van der Waals surface area contributed by atoms with Crippen LogP contribution in [0.4, 0.5) is 0 Å². The Labute approximate surface area is 124 Å². The van der Waals surface area contributed by atoms with Crippen LogP contribution < -0.4 is 5.73 Å². The molecular formula is C16H17Cl2N. The molecule has 0 fully saturated rings. The Kier molecular flexibility index (Phi) is 4.51. The fourth-order valence-corrected chi connectivity index (χ4v) is 2.88. The van der Waals surface area contributed by atoms with Gasteiger partial charge in [0.1, 0.15) is 0 Å². The van der Waals surface area contributed by atoms with Gasteiger partial charge in [0.05, 0.1) is 15.6 Å². The quantitative estimate of drug-likeness (QED) is 0.844. The molecule has 0 saturated heterocycles. The first-order chi connectivity index (χ1) is 9.09. The number of halogens is 2. The van der Waals surface area contributed by atoms with Gasteiger partial charge in [-0.3, -0.25) is 0 Å². The third-order valence-corrected chi connectivity index (χ3v) is 4.18. The Balaban J connectivity index is 2.60. The van der Waals surface area contributed by atoms with Crippen molar-refractivity contribution in [1.82, 2.24) is 0 Å². The molecular weight excluding hydrogens is 277 g/mol. The lowest BCUT2D eigenvalue weighted by atomic mass is 9.80. The molecule has 2 N–H and O–H groups in total. The second-order valence-electron chi connectivity index (χ2n) is 4.69. The number of nitrogens with two attached hydrogens (primary N) is 1. The highest BCUT2D eigenvalue weighted by Crippen LogP contribution is 2.38. The number of benzene rings is 2. The maximum absolute atomic E-state index is 6.68. The minimum atomic E-state index is -0.599. The molecule has 1 nitrogen and oxygen atoms in total. The minimum Gasteiger partial charge on any atom is -0.318 e. The Morgan fingerprint density at radius 1 is 1.00 bits per heavy atom. The highest BCUT2D eigenvalue weighted by Gasteiger charge is 2.31. The van der Waals surface area contributed by atoms with Crippen molar-refractivity contribution in [2.45, 2.75) is 25.3 Å². The van der Waals surface area contributed by atoms with Crippen molar-refractivity contribution in [3.8, 4) is 0 Å². The first-order valence-electron chi connectivity index (χ1n) is 6.38. The van der Waals surface area contributed by atoms with Gasteiger partial charge in [-0.15, -0.1) is 0 Å². The molecule has 0 radical (unpaired) electrons. The summed E-state index contributed by atoms with van der Waals surface area (Å²) < 4.78 is 0. The van der Waals surface area contributed by atoms with Crippen LogP contribution in [0.3, 0.4) is 0 Å². The van der Waals surface area contributed by atoms with E-state index in [-0.39, 0.29) is 0 Å². The van der Waals surface area contributed by atoms with E-state index in [4.69, 9.17) is 28.9 Å². The van der Waals surface area contributed by atoms with Gasteiger partial charge in [-0.05, 0) is 23.6 Å². The van der Waals surface area contributed by atoms with Crippen LogP contribution in [-0.4, -0.2) is 0 Å². The zero-order valence-corrected chi connectivity index (χ0v) is 12.4. The number of rotatable bonds is 4. The van der Waals surface area contributed by atoms with Crippen molar-refractivity contribution in [3.05, 3.63) is 69.7 Å². The van der Waals surface area contributed by atoms with E-state index >= 15 is 0 Å². The summed E-state index contributed by atoms with van der Waals surface area (Å²) in [4.78, 5) is 0. The van der Waals surface area contributed by atoms with Crippen molar-refractivity contribution in [2.24, 2.45) is 5.73 Å². The monoisotopic (exact) mass is 293 g/mol. The lowest BCUT2D eigenvalue weighted by molar-refractivity contribution is 0.485. The van der Waals surface area contributed by atoms with Gasteiger partial charge in [0.25, 0.3) is 0 Å². The van der Waals surface area contributed by atoms with Gasteiger partial charge in [-0.2, -0.15) is 0 Å². The molecule has 2 rings (SSSR count). The molecule has 19 heavy (non-hydrogen) atoms. The average molecular weight is 294 g/mol. The molecule has 100 valence electrons. The molecule has 1 unspecified atom stereocenters. The summed E-state index contributed by atoms with van der Waals surface area (Å²) in [6.07, 6.45) is 1.78. The summed E-state index contributed by atoms with van der Waals surface area (Å²) in [5.74, 6) is 0. The van der Waals surface area contributed by atoms with Gasteiger partial charge >= 0.3 is 0 Å². The number of hydrogen-bond donors (Lipinski definition) is 1. The Morgan fingerprint density at radius 3 is 2.32 bits per heavy atom. The first-order valence-corrected chi connectivity index (χ1v) is 7.14. The van der Waals surface area contributed by atoms with E-state index in [2.05, 4.69) is 6.92 Å². The van der Waals surface area contributed by atoms with Crippen molar-refractivity contribution in [3.63, 3.8) is 0 Å². The summed E-state index contributed by atoms with van der Waals surface area (Å²) >= 11 is 12.5. The Morgan fingerprint density at radius 2 is 1.68 bits per heavy atom.